The molecule has 2 rings (SSSR count). The molecule has 2 aliphatic rings. The van der Waals surface area contributed by atoms with Crippen LogP contribution in [-0.2, 0) is 4.79 Å². The Kier molecular flexibility index (Phi) is 3.85. The maximum atomic E-state index is 10.4. The fraction of sp³-hybridized carbons (Fsp3) is 0.923. The van der Waals surface area contributed by atoms with Gasteiger partial charge < -0.3 is 10.0 Å². The summed E-state index contributed by atoms with van der Waals surface area (Å²) in [7, 11) is 0. The summed E-state index contributed by atoms with van der Waals surface area (Å²) in [6.45, 7) is 3.40. The Morgan fingerprint density at radius 2 is 1.94 bits per heavy atom. The van der Waals surface area contributed by atoms with Crippen LogP contribution in [0.25, 0.3) is 0 Å². The van der Waals surface area contributed by atoms with Crippen molar-refractivity contribution < 1.29 is 9.90 Å². The van der Waals surface area contributed by atoms with Gasteiger partial charge in [0.15, 0.2) is 0 Å². The molecule has 0 atom stereocenters. The lowest BCUT2D eigenvalue weighted by Crippen LogP contribution is -2.29. The molecule has 1 aliphatic carbocycles. The monoisotopic (exact) mass is 225 g/mol. The van der Waals surface area contributed by atoms with Crippen LogP contribution in [0.1, 0.15) is 51.4 Å². The number of hydrogen-bond acceptors (Lipinski definition) is 2. The fourth-order valence-electron chi connectivity index (χ4n) is 3.38. The standard InChI is InChI=1S/C13H23NO2/c15-12(16)5-4-9-14-10-8-13(11-14)6-2-1-3-7-13/h1-11H2,(H,15,16). The number of rotatable bonds is 4. The number of carboxylic acid groups (broad SMARTS) is 1. The van der Waals surface area contributed by atoms with Crippen LogP contribution in [0.2, 0.25) is 0 Å². The van der Waals surface area contributed by atoms with Crippen molar-refractivity contribution in [2.24, 2.45) is 5.41 Å². The van der Waals surface area contributed by atoms with Gasteiger partial charge in [-0.1, -0.05) is 19.3 Å². The van der Waals surface area contributed by atoms with E-state index in [1.54, 1.807) is 0 Å². The molecular formula is C13H23NO2. The van der Waals surface area contributed by atoms with Gasteiger partial charge in [0.05, 0.1) is 0 Å². The second-order valence-electron chi connectivity index (χ2n) is 5.58. The molecule has 0 bridgehead atoms. The molecule has 0 aromatic rings. The van der Waals surface area contributed by atoms with E-state index in [4.69, 9.17) is 5.11 Å². The highest BCUT2D eigenvalue weighted by atomic mass is 16.4. The molecule has 2 fully saturated rings. The van der Waals surface area contributed by atoms with E-state index in [1.165, 1.54) is 51.6 Å². The second-order valence-corrected chi connectivity index (χ2v) is 5.58. The van der Waals surface area contributed by atoms with Crippen molar-refractivity contribution in [3.63, 3.8) is 0 Å². The van der Waals surface area contributed by atoms with E-state index in [2.05, 4.69) is 4.90 Å². The quantitative estimate of drug-likeness (QED) is 0.799. The van der Waals surface area contributed by atoms with E-state index in [0.717, 1.165) is 13.0 Å². The smallest absolute Gasteiger partial charge is 0.303 e. The highest BCUT2D eigenvalue weighted by molar-refractivity contribution is 5.66. The van der Waals surface area contributed by atoms with Crippen LogP contribution in [0, 0.1) is 5.41 Å². The minimum Gasteiger partial charge on any atom is -0.481 e. The van der Waals surface area contributed by atoms with E-state index in [0.29, 0.717) is 11.8 Å². The van der Waals surface area contributed by atoms with Gasteiger partial charge >= 0.3 is 5.97 Å². The molecule has 16 heavy (non-hydrogen) atoms. The van der Waals surface area contributed by atoms with Gasteiger partial charge in [-0.2, -0.15) is 0 Å². The molecule has 3 heteroatoms. The predicted molar refractivity (Wildman–Crippen MR) is 63.4 cm³/mol. The number of aliphatic carboxylic acids is 1. The highest BCUT2D eigenvalue weighted by Gasteiger charge is 2.38. The average molecular weight is 225 g/mol. The Morgan fingerprint density at radius 3 is 2.62 bits per heavy atom. The lowest BCUT2D eigenvalue weighted by molar-refractivity contribution is -0.137. The number of hydrogen-bond donors (Lipinski definition) is 1. The van der Waals surface area contributed by atoms with Crippen LogP contribution in [-0.4, -0.2) is 35.6 Å². The summed E-state index contributed by atoms with van der Waals surface area (Å²) in [5, 5.41) is 8.61. The molecule has 1 spiro atoms. The topological polar surface area (TPSA) is 40.5 Å². The summed E-state index contributed by atoms with van der Waals surface area (Å²) < 4.78 is 0. The molecule has 1 saturated heterocycles. The van der Waals surface area contributed by atoms with E-state index < -0.39 is 5.97 Å². The second kappa shape index (κ2) is 5.17. The minimum absolute atomic E-state index is 0.323. The largest absolute Gasteiger partial charge is 0.481 e. The van der Waals surface area contributed by atoms with Gasteiger partial charge in [0.25, 0.3) is 0 Å². The molecule has 1 N–H and O–H groups in total. The van der Waals surface area contributed by atoms with Crippen molar-refractivity contribution in [1.82, 2.24) is 4.90 Å². The van der Waals surface area contributed by atoms with Crippen LogP contribution >= 0.6 is 0 Å². The van der Waals surface area contributed by atoms with Crippen LogP contribution < -0.4 is 0 Å². The summed E-state index contributed by atoms with van der Waals surface area (Å²) in [5.74, 6) is -0.661. The summed E-state index contributed by atoms with van der Waals surface area (Å²) in [6, 6.07) is 0. The van der Waals surface area contributed by atoms with Crippen molar-refractivity contribution in [1.29, 1.82) is 0 Å². The normalized spacial score (nSPS) is 25.0. The Hall–Kier alpha value is -0.570. The van der Waals surface area contributed by atoms with E-state index >= 15 is 0 Å². The van der Waals surface area contributed by atoms with E-state index in [9.17, 15) is 4.79 Å². The molecule has 0 amide bonds. The lowest BCUT2D eigenvalue weighted by atomic mass is 9.73. The van der Waals surface area contributed by atoms with Crippen molar-refractivity contribution in [3.8, 4) is 0 Å². The summed E-state index contributed by atoms with van der Waals surface area (Å²) >= 11 is 0. The first-order valence-electron chi connectivity index (χ1n) is 6.64. The van der Waals surface area contributed by atoms with Crippen LogP contribution in [0.3, 0.4) is 0 Å². The predicted octanol–water partition coefficient (Wildman–Crippen LogP) is 2.51. The maximum absolute atomic E-state index is 10.4. The van der Waals surface area contributed by atoms with Crippen LogP contribution in [0.4, 0.5) is 0 Å². The van der Waals surface area contributed by atoms with Gasteiger partial charge in [0.1, 0.15) is 0 Å². The zero-order valence-corrected chi connectivity index (χ0v) is 10.1. The number of likely N-dealkylation sites (tertiary alicyclic amines) is 1. The Morgan fingerprint density at radius 1 is 1.19 bits per heavy atom. The third-order valence-electron chi connectivity index (χ3n) is 4.30. The molecule has 1 aliphatic heterocycles. The van der Waals surface area contributed by atoms with E-state index in [1.807, 2.05) is 0 Å². The first-order valence-corrected chi connectivity index (χ1v) is 6.64. The molecule has 1 heterocycles. The van der Waals surface area contributed by atoms with Crippen LogP contribution in [0.15, 0.2) is 0 Å². The molecule has 1 saturated carbocycles. The molecule has 3 nitrogen and oxygen atoms in total. The fourth-order valence-corrected chi connectivity index (χ4v) is 3.38. The molecule has 0 aromatic heterocycles. The number of nitrogens with zero attached hydrogens (tertiary/aromatic N) is 1. The Bertz CT molecular complexity index is 246. The summed E-state index contributed by atoms with van der Waals surface area (Å²) in [5.41, 5.74) is 0.613. The summed E-state index contributed by atoms with van der Waals surface area (Å²) in [6.07, 6.45) is 9.52. The Balaban J connectivity index is 1.72. The highest BCUT2D eigenvalue weighted by Crippen LogP contribution is 2.43. The maximum Gasteiger partial charge on any atom is 0.303 e. The van der Waals surface area contributed by atoms with Gasteiger partial charge in [-0.05, 0) is 44.2 Å². The molecule has 92 valence electrons. The number of carbonyl (C=O) groups is 1. The molecule has 0 radical (unpaired) electrons. The third-order valence-corrected chi connectivity index (χ3v) is 4.30. The van der Waals surface area contributed by atoms with Crippen molar-refractivity contribution in [2.75, 3.05) is 19.6 Å². The molecular weight excluding hydrogens is 202 g/mol. The van der Waals surface area contributed by atoms with Crippen molar-refractivity contribution in [2.45, 2.75) is 51.4 Å². The van der Waals surface area contributed by atoms with E-state index in [-0.39, 0.29) is 0 Å². The van der Waals surface area contributed by atoms with Gasteiger partial charge in [-0.15, -0.1) is 0 Å². The van der Waals surface area contributed by atoms with Gasteiger partial charge in [-0.25, -0.2) is 0 Å². The number of carboxylic acids is 1. The average Bonchev–Trinajstić information content (AvgIpc) is 2.62. The van der Waals surface area contributed by atoms with Crippen LogP contribution in [0.5, 0.6) is 0 Å². The van der Waals surface area contributed by atoms with Crippen molar-refractivity contribution in [3.05, 3.63) is 0 Å². The summed E-state index contributed by atoms with van der Waals surface area (Å²) in [4.78, 5) is 12.9. The van der Waals surface area contributed by atoms with Gasteiger partial charge in [-0.3, -0.25) is 4.79 Å². The zero-order valence-electron chi connectivity index (χ0n) is 10.1. The molecule has 0 aromatic carbocycles. The zero-order chi connectivity index (χ0) is 11.4. The first-order chi connectivity index (χ1) is 7.70. The van der Waals surface area contributed by atoms with Gasteiger partial charge in [0, 0.05) is 13.0 Å². The minimum atomic E-state index is -0.661. The molecule has 0 unspecified atom stereocenters. The van der Waals surface area contributed by atoms with Crippen molar-refractivity contribution >= 4 is 5.97 Å². The first kappa shape index (κ1) is 11.9. The lowest BCUT2D eigenvalue weighted by Gasteiger charge is -2.33. The van der Waals surface area contributed by atoms with Gasteiger partial charge in [0.2, 0.25) is 0 Å². The Labute approximate surface area is 97.8 Å². The third kappa shape index (κ3) is 2.97. The SMILES string of the molecule is O=C(O)CCCN1CCC2(CCCCC2)C1.